The maximum Gasteiger partial charge on any atom is 0.256 e. The zero-order chi connectivity index (χ0) is 19.3. The maximum absolute atomic E-state index is 12.2. The van der Waals surface area contributed by atoms with Crippen LogP contribution in [0.4, 0.5) is 11.5 Å². The van der Waals surface area contributed by atoms with E-state index in [2.05, 4.69) is 15.1 Å². The van der Waals surface area contributed by atoms with Crippen LogP contribution in [0.15, 0.2) is 72.3 Å². The smallest absolute Gasteiger partial charge is 0.256 e. The Kier molecular flexibility index (Phi) is 5.37. The predicted octanol–water partition coefficient (Wildman–Crippen LogP) is 3.09. The van der Waals surface area contributed by atoms with Crippen molar-refractivity contribution in [1.82, 2.24) is 9.78 Å². The minimum absolute atomic E-state index is 0.327. The van der Waals surface area contributed by atoms with Gasteiger partial charge in [-0.2, -0.15) is 5.10 Å². The van der Waals surface area contributed by atoms with Crippen molar-refractivity contribution in [1.29, 1.82) is 0 Å². The van der Waals surface area contributed by atoms with Crippen molar-refractivity contribution in [3.05, 3.63) is 83.4 Å². The summed E-state index contributed by atoms with van der Waals surface area (Å²) in [5, 5.41) is 7.84. The number of benzene rings is 2. The Labute approximate surface area is 157 Å². The number of sulfonamides is 1. The number of carbonyl (C=O) groups excluding carboxylic acids is 1. The van der Waals surface area contributed by atoms with Gasteiger partial charge in [0.25, 0.3) is 15.9 Å². The molecule has 0 saturated carbocycles. The highest BCUT2D eigenvalue weighted by molar-refractivity contribution is 7.95. The summed E-state index contributed by atoms with van der Waals surface area (Å²) in [5.74, 6) is 0.116. The number of rotatable bonds is 6. The molecule has 2 aromatic carbocycles. The molecule has 0 radical (unpaired) electrons. The number of aromatic nitrogens is 2. The van der Waals surface area contributed by atoms with Gasteiger partial charge in [-0.25, -0.2) is 8.42 Å². The molecule has 0 fully saturated rings. The highest BCUT2D eigenvalue weighted by Crippen LogP contribution is 2.14. The van der Waals surface area contributed by atoms with Gasteiger partial charge in [0.2, 0.25) is 0 Å². The van der Waals surface area contributed by atoms with E-state index in [0.29, 0.717) is 17.1 Å². The van der Waals surface area contributed by atoms with Crippen LogP contribution in [0, 0.1) is 0 Å². The van der Waals surface area contributed by atoms with Gasteiger partial charge in [-0.1, -0.05) is 30.3 Å². The topological polar surface area (TPSA) is 93.1 Å². The molecule has 2 N–H and O–H groups in total. The van der Waals surface area contributed by atoms with E-state index in [1.54, 1.807) is 36.1 Å². The summed E-state index contributed by atoms with van der Waals surface area (Å²) in [6, 6.07) is 16.9. The first kappa shape index (κ1) is 18.4. The van der Waals surface area contributed by atoms with Gasteiger partial charge >= 0.3 is 0 Å². The quantitative estimate of drug-likeness (QED) is 0.685. The first-order valence-electron chi connectivity index (χ1n) is 8.08. The number of carbonyl (C=O) groups is 1. The molecular weight excluding hydrogens is 364 g/mol. The van der Waals surface area contributed by atoms with Crippen LogP contribution in [0.5, 0.6) is 0 Å². The van der Waals surface area contributed by atoms with Crippen molar-refractivity contribution in [2.45, 2.75) is 0 Å². The van der Waals surface area contributed by atoms with Crippen LogP contribution in [0.1, 0.15) is 15.9 Å². The normalized spacial score (nSPS) is 11.4. The van der Waals surface area contributed by atoms with Gasteiger partial charge in [0.15, 0.2) is 5.82 Å². The number of nitrogens with zero attached hydrogens (tertiary/aromatic N) is 2. The number of nitrogens with one attached hydrogen (secondary N) is 2. The second kappa shape index (κ2) is 7.88. The third-order valence-electron chi connectivity index (χ3n) is 3.60. The minimum Gasteiger partial charge on any atom is -0.305 e. The summed E-state index contributed by atoms with van der Waals surface area (Å²) in [4.78, 5) is 12.2. The molecule has 0 spiro atoms. The second-order valence-electron chi connectivity index (χ2n) is 5.77. The van der Waals surface area contributed by atoms with E-state index in [0.717, 1.165) is 11.0 Å². The van der Waals surface area contributed by atoms with E-state index < -0.39 is 10.0 Å². The minimum atomic E-state index is -3.66. The molecule has 0 atom stereocenters. The Bertz CT molecular complexity index is 1060. The van der Waals surface area contributed by atoms with Crippen LogP contribution < -0.4 is 10.0 Å². The highest BCUT2D eigenvalue weighted by Gasteiger charge is 2.09. The van der Waals surface area contributed by atoms with E-state index in [9.17, 15) is 13.2 Å². The zero-order valence-electron chi connectivity index (χ0n) is 14.5. The summed E-state index contributed by atoms with van der Waals surface area (Å²) in [7, 11) is -1.90. The summed E-state index contributed by atoms with van der Waals surface area (Å²) in [6.45, 7) is 0. The monoisotopic (exact) mass is 382 g/mol. The molecular formula is C19H18N4O3S. The van der Waals surface area contributed by atoms with Crippen LogP contribution in [0.25, 0.3) is 6.08 Å². The van der Waals surface area contributed by atoms with Crippen LogP contribution in [0.3, 0.4) is 0 Å². The Balaban J connectivity index is 1.64. The Morgan fingerprint density at radius 2 is 1.74 bits per heavy atom. The Morgan fingerprint density at radius 3 is 2.37 bits per heavy atom. The largest absolute Gasteiger partial charge is 0.305 e. The number of aryl methyl sites for hydroxylation is 1. The van der Waals surface area contributed by atoms with Gasteiger partial charge in [-0.3, -0.25) is 14.2 Å². The molecule has 0 bridgehead atoms. The van der Waals surface area contributed by atoms with Crippen molar-refractivity contribution in [3.8, 4) is 0 Å². The van der Waals surface area contributed by atoms with Crippen LogP contribution in [0.2, 0.25) is 0 Å². The molecule has 3 rings (SSSR count). The predicted molar refractivity (Wildman–Crippen MR) is 106 cm³/mol. The maximum atomic E-state index is 12.2. The lowest BCUT2D eigenvalue weighted by Gasteiger charge is -2.06. The summed E-state index contributed by atoms with van der Waals surface area (Å²) in [6.07, 6.45) is 3.23. The Morgan fingerprint density at radius 1 is 1.04 bits per heavy atom. The molecule has 0 aliphatic heterocycles. The van der Waals surface area contributed by atoms with Crippen molar-refractivity contribution in [2.75, 3.05) is 10.0 Å². The average Bonchev–Trinajstić information content (AvgIpc) is 3.06. The van der Waals surface area contributed by atoms with Crippen molar-refractivity contribution in [2.24, 2.45) is 7.05 Å². The molecule has 0 aliphatic rings. The molecule has 0 unspecified atom stereocenters. The summed E-state index contributed by atoms with van der Waals surface area (Å²) < 4.78 is 28.3. The number of hydrogen-bond donors (Lipinski definition) is 2. The van der Waals surface area contributed by atoms with Gasteiger partial charge in [-0.15, -0.1) is 0 Å². The number of anilines is 2. The first-order valence-corrected chi connectivity index (χ1v) is 9.63. The SMILES string of the molecule is Cn1ccc(NC(=O)c2ccc(NS(=O)(=O)C=Cc3ccccc3)cc2)n1. The standard InChI is InChI=1S/C19H18N4O3S/c1-23-13-11-18(21-23)20-19(24)16-7-9-17(10-8-16)22-27(25,26)14-12-15-5-3-2-4-6-15/h2-14,22H,1H3,(H,20,21,24). The fraction of sp³-hybridized carbons (Fsp3) is 0.0526. The lowest BCUT2D eigenvalue weighted by molar-refractivity contribution is 0.102. The molecule has 0 saturated heterocycles. The first-order chi connectivity index (χ1) is 12.9. The molecule has 1 heterocycles. The van der Waals surface area contributed by atoms with Crippen molar-refractivity contribution < 1.29 is 13.2 Å². The fourth-order valence-corrected chi connectivity index (χ4v) is 3.16. The molecule has 1 aromatic heterocycles. The lowest BCUT2D eigenvalue weighted by Crippen LogP contribution is -2.13. The van der Waals surface area contributed by atoms with Gasteiger partial charge in [0.1, 0.15) is 0 Å². The molecule has 138 valence electrons. The molecule has 7 nitrogen and oxygen atoms in total. The molecule has 1 amide bonds. The summed E-state index contributed by atoms with van der Waals surface area (Å²) in [5.41, 5.74) is 1.54. The van der Waals surface area contributed by atoms with Crippen molar-refractivity contribution >= 4 is 33.5 Å². The van der Waals surface area contributed by atoms with Crippen LogP contribution in [-0.4, -0.2) is 24.1 Å². The molecule has 3 aromatic rings. The van der Waals surface area contributed by atoms with E-state index in [4.69, 9.17) is 0 Å². The van der Waals surface area contributed by atoms with E-state index in [1.165, 1.54) is 30.3 Å². The van der Waals surface area contributed by atoms with E-state index in [1.807, 2.05) is 18.2 Å². The number of amides is 1. The number of hydrogen-bond acceptors (Lipinski definition) is 4. The van der Waals surface area contributed by atoms with Gasteiger partial charge in [0.05, 0.1) is 5.41 Å². The second-order valence-corrected chi connectivity index (χ2v) is 7.33. The van der Waals surface area contributed by atoms with Gasteiger partial charge < -0.3 is 5.32 Å². The lowest BCUT2D eigenvalue weighted by atomic mass is 10.2. The highest BCUT2D eigenvalue weighted by atomic mass is 32.2. The average molecular weight is 382 g/mol. The third-order valence-corrected chi connectivity index (χ3v) is 4.62. The molecule has 27 heavy (non-hydrogen) atoms. The van der Waals surface area contributed by atoms with E-state index in [-0.39, 0.29) is 5.91 Å². The zero-order valence-corrected chi connectivity index (χ0v) is 15.3. The molecule has 0 aliphatic carbocycles. The molecule has 8 heteroatoms. The van der Waals surface area contributed by atoms with E-state index >= 15 is 0 Å². The van der Waals surface area contributed by atoms with Crippen molar-refractivity contribution in [3.63, 3.8) is 0 Å². The summed E-state index contributed by atoms with van der Waals surface area (Å²) >= 11 is 0. The fourth-order valence-electron chi connectivity index (χ4n) is 2.29. The van der Waals surface area contributed by atoms with Crippen LogP contribution in [-0.2, 0) is 17.1 Å². The Hall–Kier alpha value is -3.39. The van der Waals surface area contributed by atoms with Gasteiger partial charge in [0, 0.05) is 30.6 Å². The third kappa shape index (κ3) is 5.29. The van der Waals surface area contributed by atoms with Gasteiger partial charge in [-0.05, 0) is 35.9 Å². The van der Waals surface area contributed by atoms with Crippen LogP contribution >= 0.6 is 0 Å².